The highest BCUT2D eigenvalue weighted by Gasteiger charge is 2.25. The first-order valence-corrected chi connectivity index (χ1v) is 10.7. The van der Waals surface area contributed by atoms with Crippen LogP contribution in [-0.4, -0.2) is 53.7 Å². The number of piperidine rings is 1. The topological polar surface area (TPSA) is 88.1 Å². The van der Waals surface area contributed by atoms with Crippen molar-refractivity contribution in [2.24, 2.45) is 0 Å². The standard InChI is InChI=1S/C24H30N2O5/c1-3-30-21-8-4-18(5-9-21)16-23(28)26-14-12-19(13-15-26)25-24(29)17(2)31-22-10-6-20(27)7-11-22/h4-11,17,19,27H,3,12-16H2,1-2H3,(H,25,29). The summed E-state index contributed by atoms with van der Waals surface area (Å²) in [6, 6.07) is 13.9. The second kappa shape index (κ2) is 10.7. The second-order valence-corrected chi connectivity index (χ2v) is 7.67. The Bertz CT molecular complexity index is 859. The van der Waals surface area contributed by atoms with Gasteiger partial charge in [-0.25, -0.2) is 0 Å². The Morgan fingerprint density at radius 1 is 1.06 bits per heavy atom. The van der Waals surface area contributed by atoms with Crippen molar-refractivity contribution in [3.63, 3.8) is 0 Å². The van der Waals surface area contributed by atoms with Crippen LogP contribution in [0.15, 0.2) is 48.5 Å². The van der Waals surface area contributed by atoms with E-state index in [1.54, 1.807) is 19.1 Å². The number of benzene rings is 2. The van der Waals surface area contributed by atoms with Gasteiger partial charge in [-0.3, -0.25) is 9.59 Å². The van der Waals surface area contributed by atoms with Crippen molar-refractivity contribution < 1.29 is 24.2 Å². The van der Waals surface area contributed by atoms with Crippen LogP contribution in [0, 0.1) is 0 Å². The third kappa shape index (κ3) is 6.64. The van der Waals surface area contributed by atoms with Crippen LogP contribution in [0.5, 0.6) is 17.2 Å². The average molecular weight is 427 g/mol. The highest BCUT2D eigenvalue weighted by Crippen LogP contribution is 2.18. The van der Waals surface area contributed by atoms with E-state index in [1.807, 2.05) is 36.1 Å². The molecule has 0 spiro atoms. The first-order chi connectivity index (χ1) is 14.9. The molecule has 31 heavy (non-hydrogen) atoms. The number of amides is 2. The molecule has 0 radical (unpaired) electrons. The largest absolute Gasteiger partial charge is 0.508 e. The number of phenolic OH excluding ortho intramolecular Hbond substituents is 1. The summed E-state index contributed by atoms with van der Waals surface area (Å²) in [5.74, 6) is 1.38. The van der Waals surface area contributed by atoms with Crippen molar-refractivity contribution >= 4 is 11.8 Å². The number of hydrogen-bond donors (Lipinski definition) is 2. The molecule has 1 fully saturated rings. The predicted octanol–water partition coefficient (Wildman–Crippen LogP) is 2.91. The van der Waals surface area contributed by atoms with Gasteiger partial charge in [0.1, 0.15) is 17.2 Å². The van der Waals surface area contributed by atoms with E-state index in [-0.39, 0.29) is 23.6 Å². The molecular weight excluding hydrogens is 396 g/mol. The number of ether oxygens (including phenoxy) is 2. The van der Waals surface area contributed by atoms with Gasteiger partial charge >= 0.3 is 0 Å². The zero-order valence-corrected chi connectivity index (χ0v) is 18.0. The molecule has 2 aromatic carbocycles. The fourth-order valence-electron chi connectivity index (χ4n) is 3.53. The molecule has 2 amide bonds. The number of likely N-dealkylation sites (tertiary alicyclic amines) is 1. The lowest BCUT2D eigenvalue weighted by Crippen LogP contribution is -2.49. The van der Waals surface area contributed by atoms with Gasteiger partial charge in [0, 0.05) is 19.1 Å². The molecule has 0 saturated carbocycles. The molecule has 0 aromatic heterocycles. The first kappa shape index (κ1) is 22.5. The molecule has 2 aromatic rings. The van der Waals surface area contributed by atoms with Gasteiger partial charge < -0.3 is 24.8 Å². The molecule has 166 valence electrons. The summed E-state index contributed by atoms with van der Waals surface area (Å²) in [7, 11) is 0. The Hall–Kier alpha value is -3.22. The smallest absolute Gasteiger partial charge is 0.260 e. The fraction of sp³-hybridized carbons (Fsp3) is 0.417. The molecular formula is C24H30N2O5. The van der Waals surface area contributed by atoms with E-state index in [1.165, 1.54) is 12.1 Å². The van der Waals surface area contributed by atoms with E-state index in [0.717, 1.165) is 11.3 Å². The number of carbonyl (C=O) groups is 2. The maximum atomic E-state index is 12.6. The first-order valence-electron chi connectivity index (χ1n) is 10.7. The van der Waals surface area contributed by atoms with Crippen molar-refractivity contribution in [1.82, 2.24) is 10.2 Å². The van der Waals surface area contributed by atoms with Crippen molar-refractivity contribution in [2.45, 2.75) is 45.3 Å². The monoisotopic (exact) mass is 426 g/mol. The van der Waals surface area contributed by atoms with Gasteiger partial charge in [0.15, 0.2) is 6.10 Å². The van der Waals surface area contributed by atoms with Crippen LogP contribution < -0.4 is 14.8 Å². The summed E-state index contributed by atoms with van der Waals surface area (Å²) in [6.45, 7) is 5.48. The van der Waals surface area contributed by atoms with E-state index in [9.17, 15) is 14.7 Å². The zero-order chi connectivity index (χ0) is 22.2. The van der Waals surface area contributed by atoms with E-state index in [0.29, 0.717) is 44.7 Å². The minimum Gasteiger partial charge on any atom is -0.508 e. The van der Waals surface area contributed by atoms with Crippen LogP contribution in [0.2, 0.25) is 0 Å². The van der Waals surface area contributed by atoms with Gasteiger partial charge in [-0.2, -0.15) is 0 Å². The Labute approximate surface area is 183 Å². The van der Waals surface area contributed by atoms with Gasteiger partial charge in [0.2, 0.25) is 5.91 Å². The number of nitrogens with zero attached hydrogens (tertiary/aromatic N) is 1. The van der Waals surface area contributed by atoms with Crippen molar-refractivity contribution in [3.05, 3.63) is 54.1 Å². The SMILES string of the molecule is CCOc1ccc(CC(=O)N2CCC(NC(=O)C(C)Oc3ccc(O)cc3)CC2)cc1. The molecule has 7 heteroatoms. The van der Waals surface area contributed by atoms with Gasteiger partial charge in [-0.15, -0.1) is 0 Å². The molecule has 1 saturated heterocycles. The maximum Gasteiger partial charge on any atom is 0.260 e. The van der Waals surface area contributed by atoms with Crippen molar-refractivity contribution in [3.8, 4) is 17.2 Å². The third-order valence-electron chi connectivity index (χ3n) is 5.30. The lowest BCUT2D eigenvalue weighted by Gasteiger charge is -2.33. The minimum absolute atomic E-state index is 0.0212. The normalized spacial score (nSPS) is 15.2. The number of carbonyl (C=O) groups excluding carboxylic acids is 2. The predicted molar refractivity (Wildman–Crippen MR) is 117 cm³/mol. The summed E-state index contributed by atoms with van der Waals surface area (Å²) in [6.07, 6.45) is 1.14. The van der Waals surface area contributed by atoms with Crippen LogP contribution in [0.1, 0.15) is 32.3 Å². The Morgan fingerprint density at radius 3 is 2.29 bits per heavy atom. The minimum atomic E-state index is -0.649. The van der Waals surface area contributed by atoms with E-state index >= 15 is 0 Å². The summed E-state index contributed by atoms with van der Waals surface area (Å²) in [5, 5.41) is 12.3. The molecule has 1 unspecified atom stereocenters. The number of hydrogen-bond acceptors (Lipinski definition) is 5. The molecule has 2 N–H and O–H groups in total. The Kier molecular flexibility index (Phi) is 7.76. The fourth-order valence-corrected chi connectivity index (χ4v) is 3.53. The Balaban J connectivity index is 1.41. The summed E-state index contributed by atoms with van der Waals surface area (Å²) in [5.41, 5.74) is 0.962. The molecule has 1 heterocycles. The molecule has 0 aliphatic carbocycles. The quantitative estimate of drug-likeness (QED) is 0.678. The number of phenols is 1. The highest BCUT2D eigenvalue weighted by atomic mass is 16.5. The second-order valence-electron chi connectivity index (χ2n) is 7.67. The van der Waals surface area contributed by atoms with Crippen LogP contribution in [0.25, 0.3) is 0 Å². The van der Waals surface area contributed by atoms with Gasteiger partial charge in [0.05, 0.1) is 13.0 Å². The van der Waals surface area contributed by atoms with Gasteiger partial charge in [0.25, 0.3) is 5.91 Å². The van der Waals surface area contributed by atoms with Gasteiger partial charge in [-0.1, -0.05) is 12.1 Å². The molecule has 0 bridgehead atoms. The van der Waals surface area contributed by atoms with Crippen LogP contribution in [0.3, 0.4) is 0 Å². The maximum absolute atomic E-state index is 12.6. The summed E-state index contributed by atoms with van der Waals surface area (Å²) in [4.78, 5) is 26.9. The summed E-state index contributed by atoms with van der Waals surface area (Å²) >= 11 is 0. The lowest BCUT2D eigenvalue weighted by molar-refractivity contribution is -0.132. The number of nitrogens with one attached hydrogen (secondary N) is 1. The van der Waals surface area contributed by atoms with Crippen LogP contribution in [-0.2, 0) is 16.0 Å². The van der Waals surface area contributed by atoms with Crippen molar-refractivity contribution in [1.29, 1.82) is 0 Å². The average Bonchev–Trinajstić information content (AvgIpc) is 2.77. The number of aromatic hydroxyl groups is 1. The zero-order valence-electron chi connectivity index (χ0n) is 18.0. The summed E-state index contributed by atoms with van der Waals surface area (Å²) < 4.78 is 11.1. The molecule has 1 aliphatic heterocycles. The molecule has 1 atom stereocenters. The lowest BCUT2D eigenvalue weighted by atomic mass is 10.0. The molecule has 1 aliphatic rings. The van der Waals surface area contributed by atoms with Crippen LogP contribution in [0.4, 0.5) is 0 Å². The van der Waals surface area contributed by atoms with Crippen LogP contribution >= 0.6 is 0 Å². The number of rotatable bonds is 8. The van der Waals surface area contributed by atoms with E-state index in [2.05, 4.69) is 5.32 Å². The highest BCUT2D eigenvalue weighted by molar-refractivity contribution is 5.81. The molecule has 7 nitrogen and oxygen atoms in total. The third-order valence-corrected chi connectivity index (χ3v) is 5.30. The Morgan fingerprint density at radius 2 is 1.68 bits per heavy atom. The van der Waals surface area contributed by atoms with E-state index < -0.39 is 6.10 Å². The molecule has 3 rings (SSSR count). The van der Waals surface area contributed by atoms with E-state index in [4.69, 9.17) is 9.47 Å². The van der Waals surface area contributed by atoms with Gasteiger partial charge in [-0.05, 0) is 68.7 Å². The van der Waals surface area contributed by atoms with Crippen molar-refractivity contribution in [2.75, 3.05) is 19.7 Å².